The molecule has 1 aromatic rings. The Balaban J connectivity index is 2.87. The van der Waals surface area contributed by atoms with Gasteiger partial charge in [-0.25, -0.2) is 13.1 Å². The topological polar surface area (TPSA) is 72.2 Å². The van der Waals surface area contributed by atoms with Gasteiger partial charge in [0.05, 0.1) is 5.25 Å². The molecule has 0 saturated heterocycles. The quantitative estimate of drug-likeness (QED) is 0.859. The summed E-state index contributed by atoms with van der Waals surface area (Å²) in [5.74, 6) is 0. The fourth-order valence-corrected chi connectivity index (χ4v) is 2.78. The second-order valence-electron chi connectivity index (χ2n) is 3.95. The summed E-state index contributed by atoms with van der Waals surface area (Å²) in [6, 6.07) is 6.77. The van der Waals surface area contributed by atoms with E-state index in [0.29, 0.717) is 5.02 Å². The lowest BCUT2D eigenvalue weighted by molar-refractivity contribution is 0.555. The minimum atomic E-state index is -3.41. The van der Waals surface area contributed by atoms with Crippen molar-refractivity contribution in [2.45, 2.75) is 25.1 Å². The van der Waals surface area contributed by atoms with Crippen molar-refractivity contribution in [1.29, 1.82) is 0 Å². The van der Waals surface area contributed by atoms with Crippen molar-refractivity contribution in [2.75, 3.05) is 6.54 Å². The fraction of sp³-hybridized carbons (Fsp3) is 0.455. The van der Waals surface area contributed by atoms with E-state index in [1.165, 1.54) is 0 Å². The summed E-state index contributed by atoms with van der Waals surface area (Å²) in [6.07, 6.45) is 0. The Morgan fingerprint density at radius 2 is 1.94 bits per heavy atom. The van der Waals surface area contributed by atoms with E-state index in [1.807, 2.05) is 6.07 Å². The van der Waals surface area contributed by atoms with Crippen LogP contribution in [0.5, 0.6) is 0 Å². The van der Waals surface area contributed by atoms with Crippen molar-refractivity contribution < 1.29 is 8.42 Å². The third kappa shape index (κ3) is 3.67. The van der Waals surface area contributed by atoms with Crippen LogP contribution in [0.3, 0.4) is 0 Å². The van der Waals surface area contributed by atoms with E-state index in [2.05, 4.69) is 4.72 Å². The summed E-state index contributed by atoms with van der Waals surface area (Å²) in [5.41, 5.74) is 6.11. The van der Waals surface area contributed by atoms with Crippen molar-refractivity contribution in [3.05, 3.63) is 34.9 Å². The van der Waals surface area contributed by atoms with Crippen LogP contribution in [0.1, 0.15) is 25.5 Å². The van der Waals surface area contributed by atoms with Crippen LogP contribution >= 0.6 is 11.6 Å². The Kier molecular flexibility index (Phi) is 4.94. The molecule has 0 aliphatic heterocycles. The highest BCUT2D eigenvalue weighted by Crippen LogP contribution is 2.23. The molecule has 2 atom stereocenters. The fourth-order valence-electron chi connectivity index (χ4n) is 1.38. The lowest BCUT2D eigenvalue weighted by Gasteiger charge is -2.18. The summed E-state index contributed by atoms with van der Waals surface area (Å²) in [5, 5.41) is -0.0736. The summed E-state index contributed by atoms with van der Waals surface area (Å²) >= 11 is 6.00. The zero-order valence-corrected chi connectivity index (χ0v) is 11.4. The van der Waals surface area contributed by atoms with Crippen LogP contribution in [0.25, 0.3) is 0 Å². The van der Waals surface area contributed by atoms with E-state index in [1.54, 1.807) is 32.0 Å². The molecule has 0 aromatic heterocycles. The zero-order valence-electron chi connectivity index (χ0n) is 9.85. The van der Waals surface area contributed by atoms with E-state index in [4.69, 9.17) is 17.3 Å². The Bertz CT molecular complexity index is 476. The minimum Gasteiger partial charge on any atom is -0.329 e. The third-order valence-electron chi connectivity index (χ3n) is 2.57. The molecule has 0 aliphatic rings. The number of sulfonamides is 1. The van der Waals surface area contributed by atoms with Gasteiger partial charge in [-0.3, -0.25) is 0 Å². The summed E-state index contributed by atoms with van der Waals surface area (Å²) < 4.78 is 26.2. The van der Waals surface area contributed by atoms with Gasteiger partial charge in [-0.15, -0.1) is 0 Å². The molecule has 0 aliphatic carbocycles. The van der Waals surface area contributed by atoms with Gasteiger partial charge >= 0.3 is 0 Å². The van der Waals surface area contributed by atoms with Crippen LogP contribution in [0, 0.1) is 0 Å². The Morgan fingerprint density at radius 1 is 1.35 bits per heavy atom. The van der Waals surface area contributed by atoms with Crippen molar-refractivity contribution in [3.8, 4) is 0 Å². The van der Waals surface area contributed by atoms with Crippen molar-refractivity contribution in [2.24, 2.45) is 5.73 Å². The zero-order chi connectivity index (χ0) is 13.1. The summed E-state index contributed by atoms with van der Waals surface area (Å²) in [6.45, 7) is 3.41. The Morgan fingerprint density at radius 3 is 2.47 bits per heavy atom. The molecule has 0 bridgehead atoms. The number of hydrogen-bond acceptors (Lipinski definition) is 3. The largest absolute Gasteiger partial charge is 0.329 e. The lowest BCUT2D eigenvalue weighted by atomic mass is 10.1. The maximum absolute atomic E-state index is 11.8. The maximum atomic E-state index is 11.8. The average molecular weight is 277 g/mol. The number of nitrogens with two attached hydrogens (primary N) is 1. The first-order valence-corrected chi connectivity index (χ1v) is 7.26. The second-order valence-corrected chi connectivity index (χ2v) is 6.49. The van der Waals surface area contributed by atoms with Crippen molar-refractivity contribution >= 4 is 21.6 Å². The van der Waals surface area contributed by atoms with E-state index in [-0.39, 0.29) is 12.6 Å². The molecule has 4 nitrogen and oxygen atoms in total. The molecule has 0 radical (unpaired) electrons. The van der Waals surface area contributed by atoms with Crippen LogP contribution in [-0.4, -0.2) is 20.2 Å². The monoisotopic (exact) mass is 276 g/mol. The first-order chi connectivity index (χ1) is 7.88. The number of nitrogens with one attached hydrogen (secondary N) is 1. The molecule has 2 unspecified atom stereocenters. The standard InChI is InChI=1S/C11H17ClN2O2S/c1-8(7-13)17(15,16)14-9(2)10-5-3-4-6-11(10)12/h3-6,8-9,14H,7,13H2,1-2H3. The Hall–Kier alpha value is -0.620. The molecule has 0 spiro atoms. The smallest absolute Gasteiger partial charge is 0.216 e. The molecule has 96 valence electrons. The summed E-state index contributed by atoms with van der Waals surface area (Å²) in [4.78, 5) is 0. The molecule has 0 amide bonds. The molecular formula is C11H17ClN2O2S. The first-order valence-electron chi connectivity index (χ1n) is 5.34. The molecule has 1 aromatic carbocycles. The van der Waals surface area contributed by atoms with Crippen LogP contribution < -0.4 is 10.5 Å². The van der Waals surface area contributed by atoms with Gasteiger partial charge in [0.15, 0.2) is 0 Å². The highest BCUT2D eigenvalue weighted by atomic mass is 35.5. The molecule has 0 saturated carbocycles. The van der Waals surface area contributed by atoms with Crippen LogP contribution in [0.15, 0.2) is 24.3 Å². The minimum absolute atomic E-state index is 0.0879. The number of benzene rings is 1. The van der Waals surface area contributed by atoms with Gasteiger partial charge in [0.2, 0.25) is 10.0 Å². The highest BCUT2D eigenvalue weighted by Gasteiger charge is 2.22. The molecule has 1 rings (SSSR count). The molecular weight excluding hydrogens is 260 g/mol. The molecule has 17 heavy (non-hydrogen) atoms. The van der Waals surface area contributed by atoms with Gasteiger partial charge < -0.3 is 5.73 Å². The molecule has 6 heteroatoms. The summed E-state index contributed by atoms with van der Waals surface area (Å²) in [7, 11) is -3.41. The number of halogens is 1. The van der Waals surface area contributed by atoms with E-state index in [0.717, 1.165) is 5.56 Å². The van der Waals surface area contributed by atoms with Crippen molar-refractivity contribution in [3.63, 3.8) is 0 Å². The SMILES string of the molecule is CC(NS(=O)(=O)C(C)CN)c1ccccc1Cl. The first kappa shape index (κ1) is 14.4. The third-order valence-corrected chi connectivity index (χ3v) is 4.85. The van der Waals surface area contributed by atoms with Gasteiger partial charge in [0.25, 0.3) is 0 Å². The average Bonchev–Trinajstić information content (AvgIpc) is 2.27. The highest BCUT2D eigenvalue weighted by molar-refractivity contribution is 7.90. The lowest BCUT2D eigenvalue weighted by Crippen LogP contribution is -2.38. The predicted molar refractivity (Wildman–Crippen MR) is 70.4 cm³/mol. The Labute approximate surface area is 107 Å². The van der Waals surface area contributed by atoms with Gasteiger partial charge in [-0.05, 0) is 25.5 Å². The van der Waals surface area contributed by atoms with Gasteiger partial charge in [-0.2, -0.15) is 0 Å². The van der Waals surface area contributed by atoms with Crippen molar-refractivity contribution in [1.82, 2.24) is 4.72 Å². The molecule has 3 N–H and O–H groups in total. The molecule has 0 heterocycles. The van der Waals surface area contributed by atoms with Gasteiger partial charge in [-0.1, -0.05) is 29.8 Å². The van der Waals surface area contributed by atoms with Crippen LogP contribution in [0.2, 0.25) is 5.02 Å². The van der Waals surface area contributed by atoms with Crippen LogP contribution in [0.4, 0.5) is 0 Å². The molecule has 0 fully saturated rings. The van der Waals surface area contributed by atoms with E-state index < -0.39 is 15.3 Å². The maximum Gasteiger partial charge on any atom is 0.216 e. The van der Waals surface area contributed by atoms with E-state index >= 15 is 0 Å². The number of hydrogen-bond donors (Lipinski definition) is 2. The predicted octanol–water partition coefficient (Wildman–Crippen LogP) is 1.67. The van der Waals surface area contributed by atoms with Gasteiger partial charge in [0, 0.05) is 17.6 Å². The normalized spacial score (nSPS) is 15.5. The van der Waals surface area contributed by atoms with Crippen LogP contribution in [-0.2, 0) is 10.0 Å². The van der Waals surface area contributed by atoms with Gasteiger partial charge in [0.1, 0.15) is 0 Å². The second kappa shape index (κ2) is 5.82. The number of rotatable bonds is 5. The van der Waals surface area contributed by atoms with E-state index in [9.17, 15) is 8.42 Å².